The van der Waals surface area contributed by atoms with Crippen molar-refractivity contribution in [2.24, 2.45) is 0 Å². The van der Waals surface area contributed by atoms with Gasteiger partial charge < -0.3 is 91.1 Å². The largest absolute Gasteiger partial charge is 1.00 e. The van der Waals surface area contributed by atoms with Crippen molar-refractivity contribution >= 4 is 72.6 Å². The molecule has 0 aliphatic carbocycles. The molecule has 0 fully saturated rings. The van der Waals surface area contributed by atoms with Crippen molar-refractivity contribution < 1.29 is 213 Å². The van der Waals surface area contributed by atoms with Crippen molar-refractivity contribution in [1.29, 1.82) is 0 Å². The molecule has 27 heteroatoms. The van der Waals surface area contributed by atoms with Gasteiger partial charge in [-0.2, -0.15) is 0 Å². The minimum Gasteiger partial charge on any atom is -1.00 e. The number of hydrogen-bond donors (Lipinski definition) is 8. The van der Waals surface area contributed by atoms with E-state index in [0.29, 0.717) is 50.0 Å². The fraction of sp³-hybridized carbons (Fsp3) is 0.286. The van der Waals surface area contributed by atoms with Gasteiger partial charge in [0, 0.05) is 48.3 Å². The molecule has 24 nitrogen and oxygen atoms in total. The van der Waals surface area contributed by atoms with Crippen molar-refractivity contribution in [3.05, 3.63) is 170 Å². The third kappa shape index (κ3) is 41.6. The molecule has 0 radical (unpaired) electrons. The number of unbranched alkanes of at least 4 members (excludes halogenated alkanes) is 3. The van der Waals surface area contributed by atoms with E-state index in [1.165, 1.54) is 68.8 Å². The maximum absolute atomic E-state index is 10.8. The summed E-state index contributed by atoms with van der Waals surface area (Å²) in [7, 11) is 2.69. The normalized spacial score (nSPS) is 9.62. The van der Waals surface area contributed by atoms with Crippen LogP contribution in [-0.2, 0) is 33.5 Å². The fourth-order valence-corrected chi connectivity index (χ4v) is 7.18. The zero-order chi connectivity index (χ0) is 69.2. The molecule has 520 valence electrons. The predicted octanol–water partition coefficient (Wildman–Crippen LogP) is 6.79. The Bertz CT molecular complexity index is 3210. The summed E-state index contributed by atoms with van der Waals surface area (Å²) >= 11 is 3.11. The van der Waals surface area contributed by atoms with Gasteiger partial charge in [-0.15, -0.1) is 0 Å². The van der Waals surface area contributed by atoms with E-state index in [4.69, 9.17) is 43.9 Å². The van der Waals surface area contributed by atoms with E-state index < -0.39 is 5.97 Å². The number of aliphatic carboxylic acids is 1. The quantitative estimate of drug-likeness (QED) is 0.00312. The van der Waals surface area contributed by atoms with E-state index in [1.807, 2.05) is 50.2 Å². The third-order valence-electron chi connectivity index (χ3n) is 11.5. The first kappa shape index (κ1) is 96.2. The van der Waals surface area contributed by atoms with Crippen LogP contribution in [0.1, 0.15) is 82.0 Å². The number of allylic oxidation sites excluding steroid dienone is 1. The summed E-state index contributed by atoms with van der Waals surface area (Å²) in [4.78, 5) is 50.0. The SMILES string of the molecule is C.CC.CCCCOc1ccc(O)cc1.CCCCOc1ccc(OC/C=C/C(=O)O)cc1.CCCCOc1ccc(OC/C=C/C(=O)OC)cc1.COC(=O)/C=C/CBr.O.O=CO[O-].Oc1cc2c3cc(O)c(O)cc3c3cc(O)c(O)cc3c2cc1O.[H-].[K+].[K+].c1cnccn1. The average Bonchev–Trinajstić information content (AvgIpc) is 0.734. The number of hydrogen-bond acceptors (Lipinski definition) is 22. The van der Waals surface area contributed by atoms with Crippen LogP contribution in [-0.4, -0.2) is 133 Å². The first-order valence-electron chi connectivity index (χ1n) is 29.1. The van der Waals surface area contributed by atoms with E-state index in [-0.39, 0.29) is 182 Å². The van der Waals surface area contributed by atoms with Gasteiger partial charge in [-0.1, -0.05) is 83.3 Å². The van der Waals surface area contributed by atoms with Crippen LogP contribution in [0.3, 0.4) is 0 Å². The number of carbonyl (C=O) groups is 4. The molecule has 8 aromatic rings. The molecule has 0 saturated heterocycles. The molecule has 1 heterocycles. The van der Waals surface area contributed by atoms with Crippen molar-refractivity contribution in [1.82, 2.24) is 9.97 Å². The van der Waals surface area contributed by atoms with Crippen LogP contribution < -0.4 is 132 Å². The Balaban J connectivity index is -0.000000358. The van der Waals surface area contributed by atoms with Crippen molar-refractivity contribution in [2.45, 2.75) is 80.6 Å². The molecule has 8 rings (SSSR count). The van der Waals surface area contributed by atoms with E-state index >= 15 is 0 Å². The van der Waals surface area contributed by atoms with Gasteiger partial charge in [-0.3, -0.25) is 14.8 Å². The summed E-state index contributed by atoms with van der Waals surface area (Å²) in [5.41, 5.74) is 0. The number of halogens is 1. The summed E-state index contributed by atoms with van der Waals surface area (Å²) in [6.07, 6.45) is 21.6. The molecule has 0 saturated carbocycles. The molecule has 0 aliphatic rings. The van der Waals surface area contributed by atoms with Crippen LogP contribution in [0.4, 0.5) is 0 Å². The van der Waals surface area contributed by atoms with Gasteiger partial charge >= 0.3 is 121 Å². The number of ether oxygens (including phenoxy) is 7. The van der Waals surface area contributed by atoms with Crippen LogP contribution in [0, 0.1) is 0 Å². The van der Waals surface area contributed by atoms with Gasteiger partial charge in [-0.05, 0) is 173 Å². The van der Waals surface area contributed by atoms with Crippen LogP contribution in [0.25, 0.3) is 32.3 Å². The van der Waals surface area contributed by atoms with Crippen molar-refractivity contribution in [3.63, 3.8) is 0 Å². The summed E-state index contributed by atoms with van der Waals surface area (Å²) in [6, 6.07) is 29.5. The van der Waals surface area contributed by atoms with Gasteiger partial charge in [0.2, 0.25) is 0 Å². The number of carboxylic acids is 1. The Morgan fingerprint density at radius 2 is 0.722 bits per heavy atom. The number of carbonyl (C=O) groups excluding carboxylic acids is 3. The van der Waals surface area contributed by atoms with E-state index in [1.54, 1.807) is 73.3 Å². The van der Waals surface area contributed by atoms with Crippen molar-refractivity contribution in [2.75, 3.05) is 52.6 Å². The number of methoxy groups -OCH3 is 2. The minimum absolute atomic E-state index is 0. The number of nitrogens with zero attached hydrogens (tertiary/aromatic N) is 2. The molecule has 0 unspecified atom stereocenters. The molecular formula is C70H89BrK2N2O22. The molecule has 97 heavy (non-hydrogen) atoms. The Hall–Kier alpha value is -7.23. The summed E-state index contributed by atoms with van der Waals surface area (Å²) in [6.45, 7) is 13.0. The number of esters is 2. The van der Waals surface area contributed by atoms with Gasteiger partial charge in [0.15, 0.2) is 34.5 Å². The molecular weight excluding hydrogens is 1380 g/mol. The number of phenols is 7. The third-order valence-corrected chi connectivity index (χ3v) is 11.8. The maximum Gasteiger partial charge on any atom is 1.00 e. The number of aromatic hydroxyl groups is 7. The second-order valence-corrected chi connectivity index (χ2v) is 18.8. The number of alkyl halides is 1. The maximum atomic E-state index is 10.8. The van der Waals surface area contributed by atoms with E-state index in [9.17, 15) is 45.0 Å². The minimum atomic E-state index is -0.974. The number of benzene rings is 7. The van der Waals surface area contributed by atoms with Crippen LogP contribution in [0.2, 0.25) is 0 Å². The molecule has 0 spiro atoms. The zero-order valence-corrected chi connectivity index (χ0v) is 63.2. The summed E-state index contributed by atoms with van der Waals surface area (Å²) in [5, 5.41) is 88.4. The fourth-order valence-electron chi connectivity index (χ4n) is 6.99. The number of fused-ring (bicyclic) bond motifs is 6. The monoisotopic (exact) mass is 1470 g/mol. The Labute approximate surface area is 660 Å². The molecule has 0 aliphatic heterocycles. The number of carboxylic acid groups (broad SMARTS) is 1. The van der Waals surface area contributed by atoms with Gasteiger partial charge in [0.1, 0.15) is 47.7 Å². The van der Waals surface area contributed by atoms with E-state index in [2.05, 4.69) is 61.0 Å². The predicted molar refractivity (Wildman–Crippen MR) is 367 cm³/mol. The van der Waals surface area contributed by atoms with Crippen LogP contribution in [0.15, 0.2) is 170 Å². The Morgan fingerprint density at radius 3 is 0.948 bits per heavy atom. The molecule has 1 aromatic heterocycles. The summed E-state index contributed by atoms with van der Waals surface area (Å²) in [5.74, 6) is 0.491. The second kappa shape index (κ2) is 60.0. The second-order valence-electron chi connectivity index (χ2n) is 18.2. The first-order chi connectivity index (χ1) is 44.9. The Kier molecular flexibility index (Phi) is 59.5. The van der Waals surface area contributed by atoms with E-state index in [0.717, 1.165) is 87.4 Å². The van der Waals surface area contributed by atoms with Gasteiger partial charge in [0.05, 0.1) is 34.0 Å². The smallest absolute Gasteiger partial charge is 1.00 e. The van der Waals surface area contributed by atoms with Crippen molar-refractivity contribution in [3.8, 4) is 69.0 Å². The zero-order valence-electron chi connectivity index (χ0n) is 56.4. The first-order valence-corrected chi connectivity index (χ1v) is 30.2. The molecule has 0 bridgehead atoms. The van der Waals surface area contributed by atoms with Crippen LogP contribution in [0.5, 0.6) is 69.0 Å². The summed E-state index contributed by atoms with van der Waals surface area (Å²) < 4.78 is 36.0. The average molecular weight is 1470 g/mol. The topological polar surface area (TPSA) is 384 Å². The Morgan fingerprint density at radius 1 is 0.474 bits per heavy atom. The molecule has 10 N–H and O–H groups in total. The molecule has 0 amide bonds. The van der Waals surface area contributed by atoms with Gasteiger partial charge in [0.25, 0.3) is 6.47 Å². The number of rotatable bonds is 23. The molecule has 7 aromatic carbocycles. The van der Waals surface area contributed by atoms with Gasteiger partial charge in [-0.25, -0.2) is 14.4 Å². The van der Waals surface area contributed by atoms with Crippen LogP contribution >= 0.6 is 15.9 Å². The number of aromatic nitrogens is 2. The standard InChI is InChI=1S/C18H12O6.C15H20O4.C14H18O4.C10H14O2.C5H7BrO2.C4H4N2.C2H6.CH2O3.CH4.2K.H2O.H/c19-13-1-7-8(2-14(13)20)10-4-17(23)18(24)6-12(10)11-5-16(22)15(21)3-9(7)11;1-3-4-11-18-13-7-9-14(10-8-13)19-12-5-6-15(16)17-2;1-2-3-10-17-12-6-8-13(9-7-12)18-11-4-5-14(15)16;1-2-3-8-12-10-6-4-9(11)5-7-10;1-8-5(7)3-2-4-6;1-2-6-4-3-5-1;1-2;2-1-4-3;;;;;/h1-6,19-24H;5-10H,3-4,11-12H2,1-2H3;4-9H,2-3,10-11H2,1H3,(H,15,16);4-7,11H,2-3,8H2,1H3;2-3H,4H2,1H3;1-4H;1-2H3;1,3H;1H4;;;1H2;/q;;;;;;;;;2*+1;;-1/p-1/b;6-5+;5-4+;;3-2+;;;;;;;;. The molecule has 0 atom stereocenters. The number of phenolic OH excluding ortho intramolecular Hbond substituents is 7.